The lowest BCUT2D eigenvalue weighted by Gasteiger charge is -2.39. The minimum atomic E-state index is -0.420. The van der Waals surface area contributed by atoms with Crippen LogP contribution in [0.1, 0.15) is 22.7 Å². The number of carbonyl (C=O) groups is 1. The van der Waals surface area contributed by atoms with Crippen molar-refractivity contribution in [1.82, 2.24) is 9.88 Å². The van der Waals surface area contributed by atoms with Gasteiger partial charge in [0, 0.05) is 43.1 Å². The van der Waals surface area contributed by atoms with E-state index in [1.807, 2.05) is 49.4 Å². The molecule has 32 heavy (non-hydrogen) atoms. The first-order chi connectivity index (χ1) is 15.5. The Kier molecular flexibility index (Phi) is 6.69. The number of carbonyl (C=O) groups excluding carboxylic acids is 1. The summed E-state index contributed by atoms with van der Waals surface area (Å²) >= 11 is 6.25. The maximum absolute atomic E-state index is 13.4. The van der Waals surface area contributed by atoms with Crippen molar-refractivity contribution in [3.63, 3.8) is 0 Å². The van der Waals surface area contributed by atoms with Crippen molar-refractivity contribution in [2.45, 2.75) is 13.0 Å². The Morgan fingerprint density at radius 3 is 2.53 bits per heavy atom. The number of aromatic nitrogens is 1. The Hall–Kier alpha value is -3.40. The average molecular weight is 446 g/mol. The SMILES string of the molecule is Cc1ccc(NC(=O)C(c2ccccc2)N2CCN(c3cc(C#N)ccn3)CC2)cc1Cl. The molecule has 1 unspecified atom stereocenters. The van der Waals surface area contributed by atoms with E-state index in [9.17, 15) is 4.79 Å². The largest absolute Gasteiger partial charge is 0.354 e. The highest BCUT2D eigenvalue weighted by Gasteiger charge is 2.31. The van der Waals surface area contributed by atoms with Gasteiger partial charge in [-0.3, -0.25) is 9.69 Å². The Balaban J connectivity index is 1.52. The molecule has 6 nitrogen and oxygen atoms in total. The Morgan fingerprint density at radius 1 is 1.09 bits per heavy atom. The molecule has 1 saturated heterocycles. The summed E-state index contributed by atoms with van der Waals surface area (Å²) in [5.41, 5.74) is 3.19. The van der Waals surface area contributed by atoms with Crippen molar-refractivity contribution in [2.75, 3.05) is 36.4 Å². The minimum Gasteiger partial charge on any atom is -0.354 e. The molecule has 162 valence electrons. The molecule has 1 amide bonds. The fourth-order valence-electron chi connectivity index (χ4n) is 3.91. The number of rotatable bonds is 5. The number of halogens is 1. The standard InChI is InChI=1S/C25H24ClN5O/c1-18-7-8-21(16-22(18)26)29-25(32)24(20-5-3-2-4-6-20)31-13-11-30(12-14-31)23-15-19(17-27)9-10-28-23/h2-10,15-16,24H,11-14H2,1H3,(H,29,32). The highest BCUT2D eigenvalue weighted by atomic mass is 35.5. The van der Waals surface area contributed by atoms with Crippen LogP contribution in [0.3, 0.4) is 0 Å². The van der Waals surface area contributed by atoms with Crippen molar-refractivity contribution >= 4 is 29.0 Å². The molecule has 0 saturated carbocycles. The van der Waals surface area contributed by atoms with E-state index in [4.69, 9.17) is 16.9 Å². The van der Waals surface area contributed by atoms with Gasteiger partial charge in [0.25, 0.3) is 0 Å². The van der Waals surface area contributed by atoms with Gasteiger partial charge < -0.3 is 10.2 Å². The molecule has 0 aliphatic carbocycles. The maximum Gasteiger partial charge on any atom is 0.246 e. The Labute approximate surface area is 193 Å². The van der Waals surface area contributed by atoms with E-state index in [-0.39, 0.29) is 5.91 Å². The number of piperazine rings is 1. The quantitative estimate of drug-likeness (QED) is 0.629. The second-order valence-electron chi connectivity index (χ2n) is 7.80. The van der Waals surface area contributed by atoms with Gasteiger partial charge in [-0.2, -0.15) is 5.26 Å². The summed E-state index contributed by atoms with van der Waals surface area (Å²) < 4.78 is 0. The first-order valence-electron chi connectivity index (χ1n) is 10.5. The summed E-state index contributed by atoms with van der Waals surface area (Å²) in [5.74, 6) is 0.702. The second-order valence-corrected chi connectivity index (χ2v) is 8.21. The molecule has 4 rings (SSSR count). The third-order valence-corrected chi connectivity index (χ3v) is 6.09. The zero-order chi connectivity index (χ0) is 22.5. The van der Waals surface area contributed by atoms with Crippen LogP contribution in [0.4, 0.5) is 11.5 Å². The summed E-state index contributed by atoms with van der Waals surface area (Å²) in [5, 5.41) is 12.8. The molecular weight excluding hydrogens is 422 g/mol. The predicted octanol–water partition coefficient (Wildman–Crippen LogP) is 4.42. The number of hydrogen-bond acceptors (Lipinski definition) is 5. The molecule has 2 heterocycles. The zero-order valence-corrected chi connectivity index (χ0v) is 18.6. The molecule has 2 aromatic carbocycles. The topological polar surface area (TPSA) is 72.3 Å². The normalized spacial score (nSPS) is 15.1. The molecular formula is C25H24ClN5O. The molecule has 1 N–H and O–H groups in total. The fraction of sp³-hybridized carbons (Fsp3) is 0.240. The molecule has 1 atom stereocenters. The van der Waals surface area contributed by atoms with Gasteiger partial charge >= 0.3 is 0 Å². The average Bonchev–Trinajstić information content (AvgIpc) is 2.83. The van der Waals surface area contributed by atoms with Crippen LogP contribution in [0.25, 0.3) is 0 Å². The van der Waals surface area contributed by atoms with Gasteiger partial charge in [0.2, 0.25) is 5.91 Å². The van der Waals surface area contributed by atoms with E-state index in [0.29, 0.717) is 29.4 Å². The molecule has 0 bridgehead atoms. The van der Waals surface area contributed by atoms with Crippen LogP contribution in [-0.2, 0) is 4.79 Å². The van der Waals surface area contributed by atoms with Gasteiger partial charge in [0.1, 0.15) is 11.9 Å². The molecule has 0 spiro atoms. The number of nitrogens with zero attached hydrogens (tertiary/aromatic N) is 4. The molecule has 1 aliphatic heterocycles. The molecule has 0 radical (unpaired) electrons. The second kappa shape index (κ2) is 9.82. The first-order valence-corrected chi connectivity index (χ1v) is 10.9. The van der Waals surface area contributed by atoms with Crippen molar-refractivity contribution in [3.8, 4) is 6.07 Å². The van der Waals surface area contributed by atoms with Crippen LogP contribution in [0.15, 0.2) is 66.9 Å². The smallest absolute Gasteiger partial charge is 0.246 e. The van der Waals surface area contributed by atoms with Crippen molar-refractivity contribution < 1.29 is 4.79 Å². The number of anilines is 2. The predicted molar refractivity (Wildman–Crippen MR) is 127 cm³/mol. The van der Waals surface area contributed by atoms with Crippen LogP contribution >= 0.6 is 11.6 Å². The lowest BCUT2D eigenvalue weighted by molar-refractivity contribution is -0.121. The monoisotopic (exact) mass is 445 g/mol. The van der Waals surface area contributed by atoms with Gasteiger partial charge in [-0.15, -0.1) is 0 Å². The van der Waals surface area contributed by atoms with E-state index >= 15 is 0 Å². The van der Waals surface area contributed by atoms with Crippen LogP contribution in [0.5, 0.6) is 0 Å². The van der Waals surface area contributed by atoms with Gasteiger partial charge in [-0.05, 0) is 42.3 Å². The lowest BCUT2D eigenvalue weighted by atomic mass is 10.0. The molecule has 3 aromatic rings. The number of aryl methyl sites for hydroxylation is 1. The summed E-state index contributed by atoms with van der Waals surface area (Å²) in [6, 6.07) is 20.6. The summed E-state index contributed by atoms with van der Waals surface area (Å²) in [7, 11) is 0. The van der Waals surface area contributed by atoms with E-state index in [2.05, 4.69) is 26.2 Å². The van der Waals surface area contributed by atoms with Gasteiger partial charge in [-0.25, -0.2) is 4.98 Å². The maximum atomic E-state index is 13.4. The molecule has 1 fully saturated rings. The van der Waals surface area contributed by atoms with Crippen molar-refractivity contribution in [3.05, 3.63) is 88.6 Å². The third kappa shape index (κ3) is 4.91. The minimum absolute atomic E-state index is 0.0887. The first kappa shape index (κ1) is 21.8. The highest BCUT2D eigenvalue weighted by Crippen LogP contribution is 2.27. The zero-order valence-electron chi connectivity index (χ0n) is 17.8. The van der Waals surface area contributed by atoms with Gasteiger partial charge in [0.05, 0.1) is 11.6 Å². The fourth-order valence-corrected chi connectivity index (χ4v) is 4.10. The highest BCUT2D eigenvalue weighted by molar-refractivity contribution is 6.31. The van der Waals surface area contributed by atoms with E-state index < -0.39 is 6.04 Å². The number of amides is 1. The Bertz CT molecular complexity index is 1140. The Morgan fingerprint density at radius 2 is 1.84 bits per heavy atom. The van der Waals surface area contributed by atoms with Gasteiger partial charge in [0.15, 0.2) is 0 Å². The number of nitrogens with one attached hydrogen (secondary N) is 1. The van der Waals surface area contributed by atoms with Crippen molar-refractivity contribution in [1.29, 1.82) is 5.26 Å². The number of hydrogen-bond donors (Lipinski definition) is 1. The van der Waals surface area contributed by atoms with Crippen LogP contribution in [0, 0.1) is 18.3 Å². The molecule has 1 aliphatic rings. The van der Waals surface area contributed by atoms with Crippen molar-refractivity contribution in [2.24, 2.45) is 0 Å². The lowest BCUT2D eigenvalue weighted by Crippen LogP contribution is -2.50. The van der Waals surface area contributed by atoms with E-state index in [0.717, 1.165) is 30.0 Å². The number of benzene rings is 2. The van der Waals surface area contributed by atoms with Crippen LogP contribution in [-0.4, -0.2) is 42.0 Å². The van der Waals surface area contributed by atoms with Crippen LogP contribution in [0.2, 0.25) is 5.02 Å². The van der Waals surface area contributed by atoms with E-state index in [1.54, 1.807) is 24.4 Å². The van der Waals surface area contributed by atoms with Gasteiger partial charge in [-0.1, -0.05) is 48.0 Å². The molecule has 1 aromatic heterocycles. The molecule has 7 heteroatoms. The third-order valence-electron chi connectivity index (χ3n) is 5.68. The summed E-state index contributed by atoms with van der Waals surface area (Å²) in [4.78, 5) is 22.1. The summed E-state index contributed by atoms with van der Waals surface area (Å²) in [6.45, 7) is 4.76. The number of nitriles is 1. The van der Waals surface area contributed by atoms with Crippen LogP contribution < -0.4 is 10.2 Å². The van der Waals surface area contributed by atoms with E-state index in [1.165, 1.54) is 0 Å². The summed E-state index contributed by atoms with van der Waals surface area (Å²) in [6.07, 6.45) is 1.66. The number of pyridine rings is 1.